The SMILES string of the molecule is CCCC(C)(CNCC)CN(C)C(C)C(C)(C)C. The van der Waals surface area contributed by atoms with Gasteiger partial charge in [-0.25, -0.2) is 0 Å². The second-order valence-electron chi connectivity index (χ2n) is 7.30. The van der Waals surface area contributed by atoms with Crippen LogP contribution in [-0.4, -0.2) is 37.6 Å². The maximum absolute atomic E-state index is 3.53. The van der Waals surface area contributed by atoms with Crippen LogP contribution < -0.4 is 5.32 Å². The summed E-state index contributed by atoms with van der Waals surface area (Å²) >= 11 is 0. The van der Waals surface area contributed by atoms with Crippen molar-refractivity contribution in [3.05, 3.63) is 0 Å². The lowest BCUT2D eigenvalue weighted by Gasteiger charge is -2.41. The largest absolute Gasteiger partial charge is 0.316 e. The lowest BCUT2D eigenvalue weighted by molar-refractivity contribution is 0.0859. The van der Waals surface area contributed by atoms with Gasteiger partial charge in [-0.05, 0) is 37.8 Å². The zero-order valence-corrected chi connectivity index (χ0v) is 14.1. The van der Waals surface area contributed by atoms with Gasteiger partial charge in [-0.2, -0.15) is 0 Å². The van der Waals surface area contributed by atoms with Gasteiger partial charge in [-0.15, -0.1) is 0 Å². The van der Waals surface area contributed by atoms with E-state index in [1.165, 1.54) is 19.4 Å². The van der Waals surface area contributed by atoms with Crippen molar-refractivity contribution in [2.45, 2.75) is 67.3 Å². The van der Waals surface area contributed by atoms with Crippen molar-refractivity contribution in [3.8, 4) is 0 Å². The summed E-state index contributed by atoms with van der Waals surface area (Å²) in [5, 5.41) is 3.53. The van der Waals surface area contributed by atoms with Crippen LogP contribution in [0.3, 0.4) is 0 Å². The van der Waals surface area contributed by atoms with Gasteiger partial charge in [0.25, 0.3) is 0 Å². The van der Waals surface area contributed by atoms with Crippen LogP contribution in [0.2, 0.25) is 0 Å². The first kappa shape index (κ1) is 17.9. The Morgan fingerprint density at radius 2 is 1.67 bits per heavy atom. The molecule has 0 saturated heterocycles. The van der Waals surface area contributed by atoms with Crippen molar-refractivity contribution < 1.29 is 0 Å². The van der Waals surface area contributed by atoms with E-state index in [0.717, 1.165) is 13.1 Å². The quantitative estimate of drug-likeness (QED) is 0.711. The van der Waals surface area contributed by atoms with Crippen LogP contribution in [0.5, 0.6) is 0 Å². The summed E-state index contributed by atoms with van der Waals surface area (Å²) in [6, 6.07) is 0.607. The molecule has 0 heterocycles. The molecule has 0 radical (unpaired) electrons. The van der Waals surface area contributed by atoms with Gasteiger partial charge in [0.05, 0.1) is 0 Å². The third-order valence-corrected chi connectivity index (χ3v) is 4.20. The van der Waals surface area contributed by atoms with Crippen molar-refractivity contribution in [2.75, 3.05) is 26.7 Å². The molecule has 0 saturated carbocycles. The van der Waals surface area contributed by atoms with E-state index < -0.39 is 0 Å². The van der Waals surface area contributed by atoms with Gasteiger partial charge in [0, 0.05) is 19.1 Å². The Morgan fingerprint density at radius 1 is 1.11 bits per heavy atom. The molecule has 2 unspecified atom stereocenters. The maximum atomic E-state index is 3.53. The molecule has 0 fully saturated rings. The van der Waals surface area contributed by atoms with E-state index in [1.54, 1.807) is 0 Å². The number of hydrogen-bond acceptors (Lipinski definition) is 2. The number of hydrogen-bond donors (Lipinski definition) is 1. The number of rotatable bonds is 8. The highest BCUT2D eigenvalue weighted by molar-refractivity contribution is 4.84. The van der Waals surface area contributed by atoms with Crippen LogP contribution in [-0.2, 0) is 0 Å². The summed E-state index contributed by atoms with van der Waals surface area (Å²) < 4.78 is 0. The highest BCUT2D eigenvalue weighted by atomic mass is 15.1. The molecule has 0 aliphatic rings. The topological polar surface area (TPSA) is 15.3 Å². The Morgan fingerprint density at radius 3 is 2.06 bits per heavy atom. The van der Waals surface area contributed by atoms with Crippen LogP contribution in [0.1, 0.15) is 61.3 Å². The standard InChI is InChI=1S/C16H36N2/c1-9-11-16(7,12-17-10-2)13-18(8)14(3)15(4,5)6/h14,17H,9-13H2,1-8H3. The summed E-state index contributed by atoms with van der Waals surface area (Å²) in [5.41, 5.74) is 0.735. The lowest BCUT2D eigenvalue weighted by Crippen LogP contribution is -2.47. The third kappa shape index (κ3) is 6.19. The molecule has 0 bridgehead atoms. The van der Waals surface area contributed by atoms with Gasteiger partial charge in [0.15, 0.2) is 0 Å². The zero-order chi connectivity index (χ0) is 14.4. The van der Waals surface area contributed by atoms with Crippen molar-refractivity contribution in [1.82, 2.24) is 10.2 Å². The summed E-state index contributed by atoms with van der Waals surface area (Å²) in [6.45, 7) is 19.6. The Hall–Kier alpha value is -0.0800. The number of nitrogens with one attached hydrogen (secondary N) is 1. The Labute approximate surface area is 116 Å². The molecule has 0 aromatic heterocycles. The van der Waals surface area contributed by atoms with Gasteiger partial charge in [-0.1, -0.05) is 48.0 Å². The number of nitrogens with zero attached hydrogens (tertiary/aromatic N) is 1. The first-order valence-electron chi connectivity index (χ1n) is 7.57. The van der Waals surface area contributed by atoms with Gasteiger partial charge in [-0.3, -0.25) is 0 Å². The van der Waals surface area contributed by atoms with E-state index in [0.29, 0.717) is 16.9 Å². The van der Waals surface area contributed by atoms with Crippen molar-refractivity contribution in [3.63, 3.8) is 0 Å². The summed E-state index contributed by atoms with van der Waals surface area (Å²) in [6.07, 6.45) is 2.56. The lowest BCUT2D eigenvalue weighted by atomic mass is 9.82. The second kappa shape index (κ2) is 7.49. The van der Waals surface area contributed by atoms with E-state index in [2.05, 4.69) is 65.7 Å². The maximum Gasteiger partial charge on any atom is 0.0113 e. The predicted molar refractivity (Wildman–Crippen MR) is 83.1 cm³/mol. The molecule has 2 nitrogen and oxygen atoms in total. The Balaban J connectivity index is 4.57. The van der Waals surface area contributed by atoms with Gasteiger partial charge in [0.2, 0.25) is 0 Å². The minimum absolute atomic E-state index is 0.347. The fourth-order valence-electron chi connectivity index (χ4n) is 2.65. The monoisotopic (exact) mass is 256 g/mol. The van der Waals surface area contributed by atoms with Crippen LogP contribution in [0.25, 0.3) is 0 Å². The molecule has 0 amide bonds. The molecule has 1 N–H and O–H groups in total. The van der Waals surface area contributed by atoms with Crippen LogP contribution in [0.15, 0.2) is 0 Å². The van der Waals surface area contributed by atoms with Crippen LogP contribution in [0.4, 0.5) is 0 Å². The minimum Gasteiger partial charge on any atom is -0.316 e. The van der Waals surface area contributed by atoms with Gasteiger partial charge in [0.1, 0.15) is 0 Å². The molecule has 110 valence electrons. The van der Waals surface area contributed by atoms with E-state index in [1.807, 2.05) is 0 Å². The first-order valence-corrected chi connectivity index (χ1v) is 7.57. The summed E-state index contributed by atoms with van der Waals surface area (Å²) in [5.74, 6) is 0. The van der Waals surface area contributed by atoms with Gasteiger partial charge < -0.3 is 10.2 Å². The van der Waals surface area contributed by atoms with Crippen molar-refractivity contribution in [2.24, 2.45) is 10.8 Å². The highest BCUT2D eigenvalue weighted by Gasteiger charge is 2.30. The molecule has 0 rings (SSSR count). The normalized spacial score (nSPS) is 17.8. The molecule has 0 aliphatic carbocycles. The smallest absolute Gasteiger partial charge is 0.0113 e. The van der Waals surface area contributed by atoms with Crippen LogP contribution >= 0.6 is 0 Å². The van der Waals surface area contributed by atoms with Gasteiger partial charge >= 0.3 is 0 Å². The molecule has 2 heteroatoms. The first-order chi connectivity index (χ1) is 8.16. The average molecular weight is 256 g/mol. The summed E-state index contributed by atoms with van der Waals surface area (Å²) in [7, 11) is 2.27. The van der Waals surface area contributed by atoms with E-state index in [9.17, 15) is 0 Å². The van der Waals surface area contributed by atoms with E-state index in [-0.39, 0.29) is 0 Å². The molecule has 0 spiro atoms. The highest BCUT2D eigenvalue weighted by Crippen LogP contribution is 2.28. The minimum atomic E-state index is 0.347. The fourth-order valence-corrected chi connectivity index (χ4v) is 2.65. The molecule has 0 aliphatic heterocycles. The second-order valence-corrected chi connectivity index (χ2v) is 7.30. The summed E-state index contributed by atoms with van der Waals surface area (Å²) in [4.78, 5) is 2.53. The average Bonchev–Trinajstić information content (AvgIpc) is 2.24. The predicted octanol–water partition coefficient (Wildman–Crippen LogP) is 3.77. The fraction of sp³-hybridized carbons (Fsp3) is 1.00. The van der Waals surface area contributed by atoms with Crippen molar-refractivity contribution in [1.29, 1.82) is 0 Å². The van der Waals surface area contributed by atoms with Crippen molar-refractivity contribution >= 4 is 0 Å². The molecular weight excluding hydrogens is 220 g/mol. The zero-order valence-electron chi connectivity index (χ0n) is 14.1. The molecule has 2 atom stereocenters. The molecular formula is C16H36N2. The molecule has 0 aromatic rings. The molecule has 0 aromatic carbocycles. The van der Waals surface area contributed by atoms with E-state index >= 15 is 0 Å². The van der Waals surface area contributed by atoms with Crippen LogP contribution in [0, 0.1) is 10.8 Å². The molecule has 18 heavy (non-hydrogen) atoms. The van der Waals surface area contributed by atoms with E-state index in [4.69, 9.17) is 0 Å². The Kier molecular flexibility index (Phi) is 7.46. The third-order valence-electron chi connectivity index (χ3n) is 4.20. The Bertz CT molecular complexity index is 220.